The molecular weight excluding hydrogens is 250 g/mol. The first-order valence-electron chi connectivity index (χ1n) is 6.91. The zero-order valence-electron chi connectivity index (χ0n) is 12.1. The van der Waals surface area contributed by atoms with Crippen LogP contribution in [-0.4, -0.2) is 28.5 Å². The van der Waals surface area contributed by atoms with Crippen LogP contribution in [0.15, 0.2) is 36.9 Å². The molecule has 2 rings (SSSR count). The Bertz CT molecular complexity index is 515. The Morgan fingerprint density at radius 3 is 2.85 bits per heavy atom. The second-order valence-corrected chi connectivity index (χ2v) is 4.76. The highest BCUT2D eigenvalue weighted by atomic mass is 15.2. The molecule has 2 aromatic rings. The van der Waals surface area contributed by atoms with Crippen molar-refractivity contribution in [3.05, 3.63) is 48.2 Å². The van der Waals surface area contributed by atoms with E-state index >= 15 is 0 Å². The molecule has 2 aromatic heterocycles. The van der Waals surface area contributed by atoms with Gasteiger partial charge in [0.25, 0.3) is 0 Å². The molecule has 0 saturated heterocycles. The monoisotopic (exact) mass is 271 g/mol. The highest BCUT2D eigenvalue weighted by Gasteiger charge is 2.05. The van der Waals surface area contributed by atoms with Gasteiger partial charge in [0.1, 0.15) is 5.82 Å². The average molecular weight is 271 g/mol. The maximum Gasteiger partial charge on any atom is 0.147 e. The normalized spacial score (nSPS) is 10.5. The van der Waals surface area contributed by atoms with E-state index in [1.807, 2.05) is 25.5 Å². The van der Waals surface area contributed by atoms with E-state index in [2.05, 4.69) is 38.2 Å². The summed E-state index contributed by atoms with van der Waals surface area (Å²) in [5, 5.41) is 3.34. The van der Waals surface area contributed by atoms with Crippen LogP contribution in [0.3, 0.4) is 0 Å². The van der Waals surface area contributed by atoms with Crippen LogP contribution in [0.5, 0.6) is 0 Å². The quantitative estimate of drug-likeness (QED) is 0.781. The van der Waals surface area contributed by atoms with E-state index in [1.54, 1.807) is 12.4 Å². The standard InChI is InChI=1S/C15H21N5/c1-3-6-16-9-14-10-18-11-15(19-14)20(2)12-13-5-4-7-17-8-13/h4-5,7-8,10-11,16H,3,6,9,12H2,1-2H3. The molecule has 1 N–H and O–H groups in total. The molecule has 5 heteroatoms. The Labute approximate surface area is 120 Å². The van der Waals surface area contributed by atoms with Gasteiger partial charge in [-0.1, -0.05) is 13.0 Å². The fraction of sp³-hybridized carbons (Fsp3) is 0.400. The highest BCUT2D eigenvalue weighted by Crippen LogP contribution is 2.11. The first kappa shape index (κ1) is 14.4. The first-order chi connectivity index (χ1) is 9.79. The zero-order chi connectivity index (χ0) is 14.2. The van der Waals surface area contributed by atoms with Crippen LogP contribution >= 0.6 is 0 Å². The molecule has 0 bridgehead atoms. The van der Waals surface area contributed by atoms with Crippen LogP contribution in [0.1, 0.15) is 24.6 Å². The number of nitrogens with one attached hydrogen (secondary N) is 1. The van der Waals surface area contributed by atoms with Crippen molar-refractivity contribution in [1.29, 1.82) is 0 Å². The van der Waals surface area contributed by atoms with E-state index < -0.39 is 0 Å². The largest absolute Gasteiger partial charge is 0.354 e. The van der Waals surface area contributed by atoms with E-state index in [9.17, 15) is 0 Å². The Balaban J connectivity index is 1.99. The molecule has 0 aliphatic carbocycles. The van der Waals surface area contributed by atoms with Gasteiger partial charge < -0.3 is 10.2 Å². The maximum absolute atomic E-state index is 4.62. The van der Waals surface area contributed by atoms with Gasteiger partial charge in [-0.2, -0.15) is 0 Å². The topological polar surface area (TPSA) is 53.9 Å². The summed E-state index contributed by atoms with van der Waals surface area (Å²) in [5.41, 5.74) is 2.13. The summed E-state index contributed by atoms with van der Waals surface area (Å²) in [5.74, 6) is 0.879. The van der Waals surface area contributed by atoms with Crippen LogP contribution < -0.4 is 10.2 Å². The van der Waals surface area contributed by atoms with Crippen LogP contribution in [0, 0.1) is 0 Å². The van der Waals surface area contributed by atoms with Gasteiger partial charge in [0.2, 0.25) is 0 Å². The molecule has 0 fully saturated rings. The SMILES string of the molecule is CCCNCc1cncc(N(C)Cc2cccnc2)n1. The molecule has 0 aliphatic heterocycles. The van der Waals surface area contributed by atoms with Crippen molar-refractivity contribution in [1.82, 2.24) is 20.3 Å². The second-order valence-electron chi connectivity index (χ2n) is 4.76. The lowest BCUT2D eigenvalue weighted by molar-refractivity contribution is 0.661. The van der Waals surface area contributed by atoms with Crippen molar-refractivity contribution >= 4 is 5.82 Å². The third kappa shape index (κ3) is 4.28. The number of pyridine rings is 1. The van der Waals surface area contributed by atoms with Crippen molar-refractivity contribution in [2.24, 2.45) is 0 Å². The molecule has 0 aromatic carbocycles. The third-order valence-corrected chi connectivity index (χ3v) is 2.94. The number of aromatic nitrogens is 3. The molecule has 2 heterocycles. The minimum absolute atomic E-state index is 0.759. The van der Waals surface area contributed by atoms with Crippen molar-refractivity contribution < 1.29 is 0 Å². The van der Waals surface area contributed by atoms with E-state index in [0.717, 1.165) is 43.1 Å². The molecule has 0 amide bonds. The van der Waals surface area contributed by atoms with Crippen molar-refractivity contribution in [3.8, 4) is 0 Å². The van der Waals surface area contributed by atoms with Gasteiger partial charge >= 0.3 is 0 Å². The molecule has 0 aliphatic rings. The Morgan fingerprint density at radius 1 is 1.20 bits per heavy atom. The van der Waals surface area contributed by atoms with Crippen LogP contribution in [0.25, 0.3) is 0 Å². The van der Waals surface area contributed by atoms with Gasteiger partial charge in [-0.25, -0.2) is 4.98 Å². The van der Waals surface area contributed by atoms with Gasteiger partial charge in [-0.15, -0.1) is 0 Å². The molecular formula is C15H21N5. The van der Waals surface area contributed by atoms with Crippen LogP contribution in [0.4, 0.5) is 5.82 Å². The second kappa shape index (κ2) is 7.55. The predicted molar refractivity (Wildman–Crippen MR) is 80.4 cm³/mol. The molecule has 0 unspecified atom stereocenters. The number of anilines is 1. The summed E-state index contributed by atoms with van der Waals surface area (Å²) in [6.45, 7) is 4.68. The van der Waals surface area contributed by atoms with Crippen molar-refractivity contribution in [3.63, 3.8) is 0 Å². The third-order valence-electron chi connectivity index (χ3n) is 2.94. The van der Waals surface area contributed by atoms with E-state index in [-0.39, 0.29) is 0 Å². The minimum atomic E-state index is 0.759. The lowest BCUT2D eigenvalue weighted by atomic mass is 10.3. The first-order valence-corrected chi connectivity index (χ1v) is 6.91. The molecule has 0 saturated carbocycles. The zero-order valence-corrected chi connectivity index (χ0v) is 12.1. The Hall–Kier alpha value is -2.01. The van der Waals surface area contributed by atoms with Crippen LogP contribution in [0.2, 0.25) is 0 Å². The number of hydrogen-bond acceptors (Lipinski definition) is 5. The van der Waals surface area contributed by atoms with Crippen LogP contribution in [-0.2, 0) is 13.1 Å². The molecule has 0 radical (unpaired) electrons. The predicted octanol–water partition coefficient (Wildman–Crippen LogP) is 2.01. The summed E-state index contributed by atoms with van der Waals surface area (Å²) in [4.78, 5) is 15.1. The lowest BCUT2D eigenvalue weighted by Crippen LogP contribution is -2.20. The minimum Gasteiger partial charge on any atom is -0.354 e. The molecule has 20 heavy (non-hydrogen) atoms. The summed E-state index contributed by atoms with van der Waals surface area (Å²) < 4.78 is 0. The fourth-order valence-corrected chi connectivity index (χ4v) is 1.90. The molecule has 0 atom stereocenters. The summed E-state index contributed by atoms with van der Waals surface area (Å²) in [6, 6.07) is 4.00. The molecule has 106 valence electrons. The summed E-state index contributed by atoms with van der Waals surface area (Å²) in [7, 11) is 2.01. The van der Waals surface area contributed by atoms with Gasteiger partial charge in [0.15, 0.2) is 0 Å². The number of nitrogens with zero attached hydrogens (tertiary/aromatic N) is 4. The maximum atomic E-state index is 4.62. The van der Waals surface area contributed by atoms with Gasteiger partial charge in [0, 0.05) is 38.7 Å². The van der Waals surface area contributed by atoms with E-state index in [0.29, 0.717) is 0 Å². The smallest absolute Gasteiger partial charge is 0.147 e. The highest BCUT2D eigenvalue weighted by molar-refractivity contribution is 5.36. The van der Waals surface area contributed by atoms with Gasteiger partial charge in [-0.3, -0.25) is 9.97 Å². The number of hydrogen-bond donors (Lipinski definition) is 1. The van der Waals surface area contributed by atoms with Crippen molar-refractivity contribution in [2.75, 3.05) is 18.5 Å². The van der Waals surface area contributed by atoms with Gasteiger partial charge in [-0.05, 0) is 24.6 Å². The molecule has 0 spiro atoms. The summed E-state index contributed by atoms with van der Waals surface area (Å²) >= 11 is 0. The van der Waals surface area contributed by atoms with E-state index in [1.165, 1.54) is 0 Å². The van der Waals surface area contributed by atoms with Gasteiger partial charge in [0.05, 0.1) is 11.9 Å². The molecule has 5 nitrogen and oxygen atoms in total. The van der Waals surface area contributed by atoms with E-state index in [4.69, 9.17) is 0 Å². The van der Waals surface area contributed by atoms with Crippen molar-refractivity contribution in [2.45, 2.75) is 26.4 Å². The summed E-state index contributed by atoms with van der Waals surface area (Å²) in [6.07, 6.45) is 8.37. The number of rotatable bonds is 7. The Kier molecular flexibility index (Phi) is 5.43. The lowest BCUT2D eigenvalue weighted by Gasteiger charge is -2.18. The average Bonchev–Trinajstić information content (AvgIpc) is 2.49. The Morgan fingerprint density at radius 2 is 2.10 bits per heavy atom. The fourth-order valence-electron chi connectivity index (χ4n) is 1.90.